The lowest BCUT2D eigenvalue weighted by Crippen LogP contribution is -2.06. The Labute approximate surface area is 120 Å². The summed E-state index contributed by atoms with van der Waals surface area (Å²) in [7, 11) is 0. The van der Waals surface area contributed by atoms with Crippen LogP contribution in [0, 0.1) is 18.3 Å². The highest BCUT2D eigenvalue weighted by atomic mass is 14.9. The van der Waals surface area contributed by atoms with Crippen LogP contribution in [0.15, 0.2) is 42.5 Å². The lowest BCUT2D eigenvalue weighted by molar-refractivity contribution is 1.02. The Morgan fingerprint density at radius 2 is 2.05 bits per heavy atom. The second-order valence-electron chi connectivity index (χ2n) is 4.91. The third kappa shape index (κ3) is 3.76. The summed E-state index contributed by atoms with van der Waals surface area (Å²) >= 11 is 0. The molecule has 102 valence electrons. The molecule has 2 rings (SSSR count). The van der Waals surface area contributed by atoms with E-state index in [0.29, 0.717) is 12.1 Å². The van der Waals surface area contributed by atoms with E-state index in [9.17, 15) is 0 Å². The largest absolute Gasteiger partial charge is 0.398 e. The van der Waals surface area contributed by atoms with E-state index in [1.54, 1.807) is 0 Å². The van der Waals surface area contributed by atoms with Crippen molar-refractivity contribution in [3.8, 4) is 6.07 Å². The van der Waals surface area contributed by atoms with E-state index >= 15 is 0 Å². The Kier molecular flexibility index (Phi) is 4.62. The first kappa shape index (κ1) is 14.0. The number of nitrogens with zero attached hydrogens (tertiary/aromatic N) is 1. The number of nitrogens with two attached hydrogens (primary N) is 1. The van der Waals surface area contributed by atoms with Gasteiger partial charge in [0.2, 0.25) is 0 Å². The predicted molar refractivity (Wildman–Crippen MR) is 83.5 cm³/mol. The zero-order valence-corrected chi connectivity index (χ0v) is 11.7. The summed E-state index contributed by atoms with van der Waals surface area (Å²) in [4.78, 5) is 0. The Bertz CT molecular complexity index is 626. The molecule has 0 atom stereocenters. The Morgan fingerprint density at radius 1 is 1.20 bits per heavy atom. The summed E-state index contributed by atoms with van der Waals surface area (Å²) in [5.41, 5.74) is 11.0. The van der Waals surface area contributed by atoms with Crippen LogP contribution in [0.1, 0.15) is 16.7 Å². The Balaban J connectivity index is 1.94. The van der Waals surface area contributed by atoms with Crippen molar-refractivity contribution in [2.45, 2.75) is 19.8 Å². The molecule has 3 heteroatoms. The van der Waals surface area contributed by atoms with E-state index in [0.717, 1.165) is 24.2 Å². The molecular weight excluding hydrogens is 246 g/mol. The summed E-state index contributed by atoms with van der Waals surface area (Å²) in [5, 5.41) is 12.1. The van der Waals surface area contributed by atoms with Crippen molar-refractivity contribution in [3.05, 3.63) is 59.2 Å². The molecule has 0 aliphatic heterocycles. The van der Waals surface area contributed by atoms with Crippen LogP contribution in [0.4, 0.5) is 11.4 Å². The van der Waals surface area contributed by atoms with Crippen LogP contribution in [0.3, 0.4) is 0 Å². The van der Waals surface area contributed by atoms with Gasteiger partial charge in [0, 0.05) is 17.9 Å². The zero-order valence-electron chi connectivity index (χ0n) is 11.7. The minimum absolute atomic E-state index is 0.346. The van der Waals surface area contributed by atoms with Crippen molar-refractivity contribution in [2.24, 2.45) is 0 Å². The summed E-state index contributed by atoms with van der Waals surface area (Å²) in [5.74, 6) is 0. The normalized spacial score (nSPS) is 10.0. The van der Waals surface area contributed by atoms with Crippen LogP contribution in [-0.2, 0) is 12.8 Å². The van der Waals surface area contributed by atoms with Crippen molar-refractivity contribution < 1.29 is 0 Å². The highest BCUT2D eigenvalue weighted by molar-refractivity contribution is 5.58. The molecule has 0 saturated carbocycles. The molecule has 0 spiro atoms. The molecule has 0 unspecified atom stereocenters. The van der Waals surface area contributed by atoms with E-state index in [4.69, 9.17) is 11.0 Å². The van der Waals surface area contributed by atoms with E-state index in [1.807, 2.05) is 18.2 Å². The fraction of sp³-hybridized carbons (Fsp3) is 0.235. The smallest absolute Gasteiger partial charge is 0.0670 e. The third-order valence-corrected chi connectivity index (χ3v) is 3.24. The second-order valence-corrected chi connectivity index (χ2v) is 4.91. The standard InChI is InChI=1S/C17H19N3/c1-13-3-2-4-14(11-13)8-10-20-16-5-6-17(19)15(12-16)7-9-18/h2-6,11-12,20H,7-8,10,19H2,1H3. The molecule has 0 aromatic heterocycles. The average Bonchev–Trinajstić information content (AvgIpc) is 2.43. The average molecular weight is 265 g/mol. The maximum Gasteiger partial charge on any atom is 0.0670 e. The van der Waals surface area contributed by atoms with Crippen LogP contribution in [0.25, 0.3) is 0 Å². The first-order valence-electron chi connectivity index (χ1n) is 6.74. The van der Waals surface area contributed by atoms with E-state index in [2.05, 4.69) is 42.6 Å². The second kappa shape index (κ2) is 6.63. The van der Waals surface area contributed by atoms with Crippen molar-refractivity contribution in [2.75, 3.05) is 17.6 Å². The predicted octanol–water partition coefficient (Wildman–Crippen LogP) is 3.30. The van der Waals surface area contributed by atoms with Crippen molar-refractivity contribution in [3.63, 3.8) is 0 Å². The summed E-state index contributed by atoms with van der Waals surface area (Å²) < 4.78 is 0. The van der Waals surface area contributed by atoms with Crippen LogP contribution >= 0.6 is 0 Å². The molecule has 3 nitrogen and oxygen atoms in total. The summed E-state index contributed by atoms with van der Waals surface area (Å²) in [6.45, 7) is 2.96. The first-order valence-corrected chi connectivity index (χ1v) is 6.74. The third-order valence-electron chi connectivity index (χ3n) is 3.24. The van der Waals surface area contributed by atoms with Crippen LogP contribution in [0.5, 0.6) is 0 Å². The number of benzene rings is 2. The number of nitriles is 1. The molecule has 2 aromatic carbocycles. The number of nitrogen functional groups attached to an aromatic ring is 1. The number of anilines is 2. The SMILES string of the molecule is Cc1cccc(CCNc2ccc(N)c(CC#N)c2)c1. The van der Waals surface area contributed by atoms with Gasteiger partial charge in [0.05, 0.1) is 12.5 Å². The summed E-state index contributed by atoms with van der Waals surface area (Å²) in [6.07, 6.45) is 1.32. The molecule has 0 saturated heterocycles. The summed E-state index contributed by atoms with van der Waals surface area (Å²) in [6, 6.07) is 16.4. The first-order chi connectivity index (χ1) is 9.69. The lowest BCUT2D eigenvalue weighted by Gasteiger charge is -2.09. The van der Waals surface area contributed by atoms with Crippen LogP contribution < -0.4 is 11.1 Å². The molecule has 0 radical (unpaired) electrons. The fourth-order valence-electron chi connectivity index (χ4n) is 2.17. The van der Waals surface area contributed by atoms with Gasteiger partial charge < -0.3 is 11.1 Å². The van der Waals surface area contributed by atoms with Crippen molar-refractivity contribution in [1.29, 1.82) is 5.26 Å². The molecule has 3 N–H and O–H groups in total. The molecule has 0 aliphatic carbocycles. The quantitative estimate of drug-likeness (QED) is 0.815. The van der Waals surface area contributed by atoms with Gasteiger partial charge in [-0.25, -0.2) is 0 Å². The lowest BCUT2D eigenvalue weighted by atomic mass is 10.1. The number of aryl methyl sites for hydroxylation is 1. The molecule has 20 heavy (non-hydrogen) atoms. The van der Waals surface area contributed by atoms with E-state index in [-0.39, 0.29) is 0 Å². The maximum atomic E-state index is 8.76. The number of nitrogens with one attached hydrogen (secondary N) is 1. The van der Waals surface area contributed by atoms with Gasteiger partial charge in [0.15, 0.2) is 0 Å². The highest BCUT2D eigenvalue weighted by Crippen LogP contribution is 2.18. The molecule has 0 amide bonds. The number of hydrogen-bond donors (Lipinski definition) is 2. The van der Waals surface area contributed by atoms with Gasteiger partial charge in [0.1, 0.15) is 0 Å². The van der Waals surface area contributed by atoms with Gasteiger partial charge in [0.25, 0.3) is 0 Å². The van der Waals surface area contributed by atoms with Crippen molar-refractivity contribution >= 4 is 11.4 Å². The van der Waals surface area contributed by atoms with E-state index in [1.165, 1.54) is 11.1 Å². The minimum atomic E-state index is 0.346. The highest BCUT2D eigenvalue weighted by Gasteiger charge is 2.01. The monoisotopic (exact) mass is 265 g/mol. The molecule has 0 fully saturated rings. The molecule has 0 heterocycles. The maximum absolute atomic E-state index is 8.76. The zero-order chi connectivity index (χ0) is 14.4. The van der Waals surface area contributed by atoms with Gasteiger partial charge in [-0.15, -0.1) is 0 Å². The van der Waals surface area contributed by atoms with Gasteiger partial charge in [-0.3, -0.25) is 0 Å². The van der Waals surface area contributed by atoms with Gasteiger partial charge >= 0.3 is 0 Å². The number of hydrogen-bond acceptors (Lipinski definition) is 3. The Morgan fingerprint density at radius 3 is 2.80 bits per heavy atom. The molecule has 0 aliphatic rings. The van der Waals surface area contributed by atoms with Gasteiger partial charge in [-0.2, -0.15) is 5.26 Å². The Hall–Kier alpha value is -2.47. The topological polar surface area (TPSA) is 61.8 Å². The van der Waals surface area contributed by atoms with Crippen molar-refractivity contribution in [1.82, 2.24) is 0 Å². The van der Waals surface area contributed by atoms with Crippen LogP contribution in [-0.4, -0.2) is 6.54 Å². The van der Waals surface area contributed by atoms with E-state index < -0.39 is 0 Å². The molecule has 0 bridgehead atoms. The van der Waals surface area contributed by atoms with Gasteiger partial charge in [-0.1, -0.05) is 29.8 Å². The molecule has 2 aromatic rings. The fourth-order valence-corrected chi connectivity index (χ4v) is 2.17. The molecular formula is C17H19N3. The van der Waals surface area contributed by atoms with Gasteiger partial charge in [-0.05, 0) is 42.7 Å². The van der Waals surface area contributed by atoms with Crippen LogP contribution in [0.2, 0.25) is 0 Å². The number of rotatable bonds is 5. The minimum Gasteiger partial charge on any atom is -0.398 e.